The Hall–Kier alpha value is -1.01. The average molecular weight is 228 g/mol. The van der Waals surface area contributed by atoms with Crippen LogP contribution in [0.2, 0.25) is 0 Å². The van der Waals surface area contributed by atoms with Gasteiger partial charge in [-0.2, -0.15) is 0 Å². The van der Waals surface area contributed by atoms with Crippen molar-refractivity contribution in [2.45, 2.75) is 24.8 Å². The molecular weight excluding hydrogens is 216 g/mol. The van der Waals surface area contributed by atoms with Crippen molar-refractivity contribution >= 4 is 23.6 Å². The Morgan fingerprint density at radius 2 is 2.40 bits per heavy atom. The molecule has 1 saturated heterocycles. The molecule has 0 aromatic heterocycles. The van der Waals surface area contributed by atoms with E-state index in [9.17, 15) is 9.59 Å². The Balaban J connectivity index is 2.38. The van der Waals surface area contributed by atoms with E-state index in [1.54, 1.807) is 0 Å². The number of β-lactam (4-membered cyclic amide) rings is 1. The molecule has 2 aliphatic heterocycles. The molecule has 3 N–H and O–H groups in total. The highest BCUT2D eigenvalue weighted by Gasteiger charge is 2.51. The lowest BCUT2D eigenvalue weighted by atomic mass is 10.0. The molecule has 1 unspecified atom stereocenters. The van der Waals surface area contributed by atoms with Crippen molar-refractivity contribution in [2.24, 2.45) is 5.73 Å². The topological polar surface area (TPSA) is 83.6 Å². The second-order valence-electron chi connectivity index (χ2n) is 3.55. The number of nitrogens with zero attached hydrogens (tertiary/aromatic N) is 1. The second kappa shape index (κ2) is 3.53. The number of carbonyl (C=O) groups is 2. The zero-order valence-corrected chi connectivity index (χ0v) is 9.08. The first-order valence-electron chi connectivity index (χ1n) is 4.73. The zero-order chi connectivity index (χ0) is 11.2. The highest BCUT2D eigenvalue weighted by atomic mass is 32.2. The molecule has 2 rings (SSSR count). The van der Waals surface area contributed by atoms with Crippen LogP contribution in [0.3, 0.4) is 0 Å². The Morgan fingerprint density at radius 1 is 1.73 bits per heavy atom. The fourth-order valence-corrected chi connectivity index (χ4v) is 3.25. The molecule has 2 atom stereocenters. The van der Waals surface area contributed by atoms with Gasteiger partial charge in [-0.3, -0.25) is 9.69 Å². The standard InChI is InChI=1S/C9H12N2O3S/c1-2-4-3-15-8-5(10)7(12)11(8)6(4)9(13)14/h5,8H,2-3,10H2,1H3,(H,13,14)/t5?,8-/m1/s1. The maximum absolute atomic E-state index is 11.5. The van der Waals surface area contributed by atoms with E-state index in [-0.39, 0.29) is 17.0 Å². The van der Waals surface area contributed by atoms with Crippen molar-refractivity contribution in [3.05, 3.63) is 11.3 Å². The van der Waals surface area contributed by atoms with Gasteiger partial charge in [0.1, 0.15) is 17.1 Å². The predicted molar refractivity (Wildman–Crippen MR) is 56.0 cm³/mol. The predicted octanol–water partition coefficient (Wildman–Crippen LogP) is -0.0225. The number of rotatable bonds is 2. The molecule has 1 amide bonds. The number of hydrogen-bond donors (Lipinski definition) is 2. The van der Waals surface area contributed by atoms with Gasteiger partial charge in [-0.1, -0.05) is 6.92 Å². The van der Waals surface area contributed by atoms with Gasteiger partial charge in [0, 0.05) is 5.75 Å². The zero-order valence-electron chi connectivity index (χ0n) is 8.27. The molecule has 82 valence electrons. The minimum Gasteiger partial charge on any atom is -0.477 e. The van der Waals surface area contributed by atoms with Gasteiger partial charge >= 0.3 is 5.97 Å². The van der Waals surface area contributed by atoms with Crippen molar-refractivity contribution in [1.82, 2.24) is 4.90 Å². The smallest absolute Gasteiger partial charge is 0.352 e. The number of hydrogen-bond acceptors (Lipinski definition) is 4. The molecule has 0 aromatic rings. The van der Waals surface area contributed by atoms with E-state index >= 15 is 0 Å². The van der Waals surface area contributed by atoms with E-state index in [1.807, 2.05) is 6.92 Å². The van der Waals surface area contributed by atoms with Gasteiger partial charge in [-0.15, -0.1) is 11.8 Å². The summed E-state index contributed by atoms with van der Waals surface area (Å²) in [5, 5.41) is 8.88. The van der Waals surface area contributed by atoms with Crippen LogP contribution < -0.4 is 5.73 Å². The number of thioether (sulfide) groups is 1. The second-order valence-corrected chi connectivity index (χ2v) is 4.65. The Kier molecular flexibility index (Phi) is 2.47. The molecule has 0 aromatic carbocycles. The van der Waals surface area contributed by atoms with E-state index in [2.05, 4.69) is 0 Å². The van der Waals surface area contributed by atoms with Crippen LogP contribution in [0.1, 0.15) is 13.3 Å². The number of aliphatic carboxylic acids is 1. The number of nitrogens with two attached hydrogens (primary N) is 1. The third-order valence-electron chi connectivity index (χ3n) is 2.72. The van der Waals surface area contributed by atoms with Gasteiger partial charge in [0.15, 0.2) is 0 Å². The highest BCUT2D eigenvalue weighted by Crippen LogP contribution is 2.39. The summed E-state index contributed by atoms with van der Waals surface area (Å²) in [5.41, 5.74) is 6.55. The Labute approximate surface area is 91.3 Å². The van der Waals surface area contributed by atoms with Gasteiger partial charge in [-0.25, -0.2) is 4.79 Å². The number of carbonyl (C=O) groups excluding carboxylic acids is 1. The third kappa shape index (κ3) is 1.36. The molecule has 0 aliphatic carbocycles. The molecular formula is C9H12N2O3S. The lowest BCUT2D eigenvalue weighted by Gasteiger charge is -2.48. The minimum atomic E-state index is -1.03. The molecule has 0 bridgehead atoms. The van der Waals surface area contributed by atoms with Gasteiger partial charge in [0.2, 0.25) is 5.91 Å². The summed E-state index contributed by atoms with van der Waals surface area (Å²) in [6.07, 6.45) is 0.653. The van der Waals surface area contributed by atoms with E-state index in [4.69, 9.17) is 10.8 Å². The molecule has 0 radical (unpaired) electrons. The maximum atomic E-state index is 11.5. The van der Waals surface area contributed by atoms with Gasteiger partial charge in [-0.05, 0) is 12.0 Å². The van der Waals surface area contributed by atoms with Crippen molar-refractivity contribution in [1.29, 1.82) is 0 Å². The highest BCUT2D eigenvalue weighted by molar-refractivity contribution is 8.00. The van der Waals surface area contributed by atoms with E-state index in [0.29, 0.717) is 12.2 Å². The van der Waals surface area contributed by atoms with Crippen molar-refractivity contribution in [2.75, 3.05) is 5.75 Å². The van der Waals surface area contributed by atoms with E-state index < -0.39 is 12.0 Å². The summed E-state index contributed by atoms with van der Waals surface area (Å²) >= 11 is 1.54. The quantitative estimate of drug-likeness (QED) is 0.649. The van der Waals surface area contributed by atoms with Crippen LogP contribution in [0.15, 0.2) is 11.3 Å². The van der Waals surface area contributed by atoms with Crippen molar-refractivity contribution in [3.63, 3.8) is 0 Å². The molecule has 0 spiro atoms. The van der Waals surface area contributed by atoms with Crippen LogP contribution in [-0.4, -0.2) is 39.1 Å². The SMILES string of the molecule is CCC1=C(C(=O)O)N2C(=O)C(N)[C@H]2SC1. The van der Waals surface area contributed by atoms with E-state index in [0.717, 1.165) is 5.57 Å². The Morgan fingerprint density at radius 3 is 2.93 bits per heavy atom. The maximum Gasteiger partial charge on any atom is 0.352 e. The van der Waals surface area contributed by atoms with Crippen molar-refractivity contribution in [3.8, 4) is 0 Å². The number of amides is 1. The molecule has 5 nitrogen and oxygen atoms in total. The molecule has 15 heavy (non-hydrogen) atoms. The van der Waals surface area contributed by atoms with E-state index in [1.165, 1.54) is 16.7 Å². The molecule has 2 aliphatic rings. The van der Waals surface area contributed by atoms with Crippen molar-refractivity contribution < 1.29 is 14.7 Å². The normalized spacial score (nSPS) is 30.0. The molecule has 2 heterocycles. The van der Waals surface area contributed by atoms with Gasteiger partial charge in [0.25, 0.3) is 0 Å². The van der Waals surface area contributed by atoms with Crippen LogP contribution in [0.25, 0.3) is 0 Å². The summed E-state index contributed by atoms with van der Waals surface area (Å²) in [6, 6.07) is -0.539. The first kappa shape index (κ1) is 10.5. The third-order valence-corrected chi connectivity index (χ3v) is 4.08. The summed E-state index contributed by atoms with van der Waals surface area (Å²) in [4.78, 5) is 23.8. The van der Waals surface area contributed by atoms with Crippen LogP contribution in [0.5, 0.6) is 0 Å². The number of carboxylic acids is 1. The van der Waals surface area contributed by atoms with Gasteiger partial charge in [0.05, 0.1) is 0 Å². The number of carboxylic acid groups (broad SMARTS) is 1. The van der Waals surface area contributed by atoms with Crippen LogP contribution in [0.4, 0.5) is 0 Å². The first-order valence-corrected chi connectivity index (χ1v) is 5.78. The molecule has 0 saturated carbocycles. The summed E-state index contributed by atoms with van der Waals surface area (Å²) in [5.74, 6) is -0.659. The first-order chi connectivity index (χ1) is 7.07. The lowest BCUT2D eigenvalue weighted by molar-refractivity contribution is -0.148. The lowest BCUT2D eigenvalue weighted by Crippen LogP contribution is -2.68. The van der Waals surface area contributed by atoms with Crippen LogP contribution in [-0.2, 0) is 9.59 Å². The number of fused-ring (bicyclic) bond motifs is 1. The summed E-state index contributed by atoms with van der Waals surface area (Å²) in [7, 11) is 0. The van der Waals surface area contributed by atoms with Crippen LogP contribution >= 0.6 is 11.8 Å². The largest absolute Gasteiger partial charge is 0.477 e. The monoisotopic (exact) mass is 228 g/mol. The molecule has 1 fully saturated rings. The minimum absolute atomic E-state index is 0.146. The average Bonchev–Trinajstić information content (AvgIpc) is 2.25. The Bertz CT molecular complexity index is 366. The fraction of sp³-hybridized carbons (Fsp3) is 0.556. The summed E-state index contributed by atoms with van der Waals surface area (Å²) in [6.45, 7) is 1.89. The fourth-order valence-electron chi connectivity index (χ4n) is 1.85. The summed E-state index contributed by atoms with van der Waals surface area (Å²) < 4.78 is 0. The van der Waals surface area contributed by atoms with Gasteiger partial charge < -0.3 is 10.8 Å². The van der Waals surface area contributed by atoms with Crippen LogP contribution in [0, 0.1) is 0 Å². The molecule has 6 heteroatoms.